The topological polar surface area (TPSA) is 63.3 Å². The lowest BCUT2D eigenvalue weighted by atomic mass is 10.0. The molecule has 0 radical (unpaired) electrons. The Morgan fingerprint density at radius 1 is 1.69 bits per heavy atom. The van der Waals surface area contributed by atoms with Crippen molar-refractivity contribution in [3.05, 3.63) is 17.8 Å². The Bertz CT molecular complexity index is 358. The van der Waals surface area contributed by atoms with Gasteiger partial charge in [0.15, 0.2) is 5.89 Å². The zero-order valence-corrected chi connectivity index (χ0v) is 9.83. The second-order valence-electron chi connectivity index (χ2n) is 4.08. The first-order valence-corrected chi connectivity index (χ1v) is 6.62. The van der Waals surface area contributed by atoms with Gasteiger partial charge in [-0.2, -0.15) is 11.8 Å². The SMILES string of the molecule is O=C(O)Cc1cnc(CC2CCCSC2)o1. The Morgan fingerprint density at radius 3 is 3.25 bits per heavy atom. The third-order valence-electron chi connectivity index (χ3n) is 2.64. The number of aliphatic carboxylic acids is 1. The number of carboxylic acid groups (broad SMARTS) is 1. The van der Waals surface area contributed by atoms with E-state index in [4.69, 9.17) is 9.52 Å². The monoisotopic (exact) mass is 241 g/mol. The highest BCUT2D eigenvalue weighted by Gasteiger charge is 2.17. The molecule has 88 valence electrons. The van der Waals surface area contributed by atoms with Crippen molar-refractivity contribution >= 4 is 17.7 Å². The number of thioether (sulfide) groups is 1. The molecule has 1 aromatic rings. The molecule has 1 aliphatic heterocycles. The van der Waals surface area contributed by atoms with Crippen molar-refractivity contribution in [1.29, 1.82) is 0 Å². The van der Waals surface area contributed by atoms with E-state index in [1.165, 1.54) is 24.8 Å². The molecule has 0 aromatic carbocycles. The third kappa shape index (κ3) is 3.27. The molecule has 2 heterocycles. The predicted octanol–water partition coefficient (Wildman–Crippen LogP) is 1.99. The van der Waals surface area contributed by atoms with Crippen LogP contribution in [0.5, 0.6) is 0 Å². The Balaban J connectivity index is 1.88. The number of carbonyl (C=O) groups is 1. The highest BCUT2D eigenvalue weighted by Crippen LogP contribution is 2.25. The zero-order valence-electron chi connectivity index (χ0n) is 9.02. The summed E-state index contributed by atoms with van der Waals surface area (Å²) >= 11 is 1.98. The first-order chi connectivity index (χ1) is 7.74. The molecule has 0 saturated carbocycles. The summed E-state index contributed by atoms with van der Waals surface area (Å²) in [5.74, 6) is 3.31. The molecule has 1 saturated heterocycles. The van der Waals surface area contributed by atoms with Crippen LogP contribution in [0.1, 0.15) is 24.5 Å². The minimum Gasteiger partial charge on any atom is -0.481 e. The van der Waals surface area contributed by atoms with Crippen molar-refractivity contribution < 1.29 is 14.3 Å². The molecule has 1 fully saturated rings. The number of carboxylic acids is 1. The summed E-state index contributed by atoms with van der Waals surface area (Å²) in [5, 5.41) is 8.61. The Hall–Kier alpha value is -0.970. The van der Waals surface area contributed by atoms with Crippen molar-refractivity contribution in [1.82, 2.24) is 4.98 Å². The number of aromatic nitrogens is 1. The molecule has 1 aromatic heterocycles. The number of nitrogens with zero attached hydrogens (tertiary/aromatic N) is 1. The van der Waals surface area contributed by atoms with Crippen molar-refractivity contribution in [2.24, 2.45) is 5.92 Å². The highest BCUT2D eigenvalue weighted by molar-refractivity contribution is 7.99. The molecule has 16 heavy (non-hydrogen) atoms. The first kappa shape index (κ1) is 11.5. The summed E-state index contributed by atoms with van der Waals surface area (Å²) in [7, 11) is 0. The van der Waals surface area contributed by atoms with E-state index in [-0.39, 0.29) is 6.42 Å². The fraction of sp³-hybridized carbons (Fsp3) is 0.636. The summed E-state index contributed by atoms with van der Waals surface area (Å²) in [6.07, 6.45) is 4.78. The summed E-state index contributed by atoms with van der Waals surface area (Å²) < 4.78 is 5.40. The normalized spacial score (nSPS) is 20.9. The quantitative estimate of drug-likeness (QED) is 0.873. The number of oxazole rings is 1. The molecule has 0 aliphatic carbocycles. The average Bonchev–Trinajstić information content (AvgIpc) is 2.66. The number of hydrogen-bond acceptors (Lipinski definition) is 4. The van der Waals surface area contributed by atoms with Crippen LogP contribution in [-0.4, -0.2) is 27.6 Å². The average molecular weight is 241 g/mol. The molecule has 5 heteroatoms. The molecular formula is C11H15NO3S. The van der Waals surface area contributed by atoms with Crippen LogP contribution in [0.25, 0.3) is 0 Å². The van der Waals surface area contributed by atoms with Crippen molar-refractivity contribution in [3.63, 3.8) is 0 Å². The lowest BCUT2D eigenvalue weighted by Gasteiger charge is -2.19. The molecule has 1 atom stereocenters. The minimum absolute atomic E-state index is 0.0770. The van der Waals surface area contributed by atoms with E-state index in [1.54, 1.807) is 0 Å². The van der Waals surface area contributed by atoms with Gasteiger partial charge in [0.2, 0.25) is 0 Å². The van der Waals surface area contributed by atoms with E-state index in [0.717, 1.165) is 12.2 Å². The molecular weight excluding hydrogens is 226 g/mol. The smallest absolute Gasteiger partial charge is 0.311 e. The van der Waals surface area contributed by atoms with Crippen LogP contribution >= 0.6 is 11.8 Å². The Kier molecular flexibility index (Phi) is 3.88. The van der Waals surface area contributed by atoms with E-state index >= 15 is 0 Å². The molecule has 1 aliphatic rings. The van der Waals surface area contributed by atoms with E-state index < -0.39 is 5.97 Å². The molecule has 1 unspecified atom stereocenters. The second kappa shape index (κ2) is 5.39. The van der Waals surface area contributed by atoms with E-state index in [2.05, 4.69) is 4.98 Å². The highest BCUT2D eigenvalue weighted by atomic mass is 32.2. The van der Waals surface area contributed by atoms with Crippen molar-refractivity contribution in [2.45, 2.75) is 25.7 Å². The maximum atomic E-state index is 10.5. The molecule has 0 amide bonds. The van der Waals surface area contributed by atoms with Gasteiger partial charge in [-0.3, -0.25) is 4.79 Å². The van der Waals surface area contributed by atoms with Gasteiger partial charge >= 0.3 is 5.97 Å². The predicted molar refractivity (Wildman–Crippen MR) is 61.6 cm³/mol. The molecule has 4 nitrogen and oxygen atoms in total. The van der Waals surface area contributed by atoms with Crippen LogP contribution in [0.2, 0.25) is 0 Å². The van der Waals surface area contributed by atoms with Crippen LogP contribution in [-0.2, 0) is 17.6 Å². The van der Waals surface area contributed by atoms with Crippen LogP contribution < -0.4 is 0 Å². The van der Waals surface area contributed by atoms with E-state index in [1.807, 2.05) is 11.8 Å². The van der Waals surface area contributed by atoms with Gasteiger partial charge in [-0.05, 0) is 30.3 Å². The Morgan fingerprint density at radius 2 is 2.56 bits per heavy atom. The van der Waals surface area contributed by atoms with Crippen LogP contribution in [0.4, 0.5) is 0 Å². The standard InChI is InChI=1S/C11H15NO3S/c13-11(14)5-9-6-12-10(15-9)4-8-2-1-3-16-7-8/h6,8H,1-5,7H2,(H,13,14). The summed E-state index contributed by atoms with van der Waals surface area (Å²) in [5.41, 5.74) is 0. The van der Waals surface area contributed by atoms with Gasteiger partial charge in [-0.15, -0.1) is 0 Å². The minimum atomic E-state index is -0.879. The molecule has 2 rings (SSSR count). The lowest BCUT2D eigenvalue weighted by Crippen LogP contribution is -2.13. The second-order valence-corrected chi connectivity index (χ2v) is 5.23. The van der Waals surface area contributed by atoms with Crippen molar-refractivity contribution in [2.75, 3.05) is 11.5 Å². The largest absolute Gasteiger partial charge is 0.481 e. The summed E-state index contributed by atoms with van der Waals surface area (Å²) in [6.45, 7) is 0. The van der Waals surface area contributed by atoms with Crippen LogP contribution in [0, 0.1) is 5.92 Å². The Labute approximate surface area is 98.4 Å². The van der Waals surface area contributed by atoms with Crippen LogP contribution in [0.15, 0.2) is 10.6 Å². The van der Waals surface area contributed by atoms with E-state index in [9.17, 15) is 4.79 Å². The molecule has 0 spiro atoms. The molecule has 0 bridgehead atoms. The van der Waals surface area contributed by atoms with Crippen molar-refractivity contribution in [3.8, 4) is 0 Å². The summed E-state index contributed by atoms with van der Waals surface area (Å²) in [6, 6.07) is 0. The van der Waals surface area contributed by atoms with Gasteiger partial charge < -0.3 is 9.52 Å². The lowest BCUT2D eigenvalue weighted by molar-refractivity contribution is -0.136. The number of rotatable bonds is 4. The maximum absolute atomic E-state index is 10.5. The fourth-order valence-electron chi connectivity index (χ4n) is 1.89. The number of hydrogen-bond donors (Lipinski definition) is 1. The van der Waals surface area contributed by atoms with Gasteiger partial charge in [0, 0.05) is 6.42 Å². The maximum Gasteiger partial charge on any atom is 0.311 e. The fourth-order valence-corrected chi connectivity index (χ4v) is 3.04. The van der Waals surface area contributed by atoms with Gasteiger partial charge in [0.05, 0.1) is 6.20 Å². The van der Waals surface area contributed by atoms with Crippen LogP contribution in [0.3, 0.4) is 0 Å². The van der Waals surface area contributed by atoms with Gasteiger partial charge in [-0.25, -0.2) is 4.98 Å². The van der Waals surface area contributed by atoms with Gasteiger partial charge in [0.25, 0.3) is 0 Å². The third-order valence-corrected chi connectivity index (χ3v) is 3.93. The van der Waals surface area contributed by atoms with Gasteiger partial charge in [-0.1, -0.05) is 0 Å². The zero-order chi connectivity index (χ0) is 11.4. The van der Waals surface area contributed by atoms with E-state index in [0.29, 0.717) is 17.6 Å². The van der Waals surface area contributed by atoms with Gasteiger partial charge in [0.1, 0.15) is 12.2 Å². The summed E-state index contributed by atoms with van der Waals surface area (Å²) in [4.78, 5) is 14.6. The molecule has 1 N–H and O–H groups in total. The first-order valence-electron chi connectivity index (χ1n) is 5.47.